The molecule has 212 valence electrons. The summed E-state index contributed by atoms with van der Waals surface area (Å²) in [6.45, 7) is 2.73. The molecule has 11 nitrogen and oxygen atoms in total. The molecule has 3 aromatic heterocycles. The number of carboxylic acids is 1. The first-order chi connectivity index (χ1) is 18.0. The third-order valence-corrected chi connectivity index (χ3v) is 5.70. The number of aromatic nitrogens is 2. The van der Waals surface area contributed by atoms with E-state index in [2.05, 4.69) is 15.3 Å². The minimum Gasteiger partial charge on any atom is -0.475 e. The molecular formula is C22H22F6N6O5. The monoisotopic (exact) mass is 564 g/mol. The molecule has 0 aromatic carbocycles. The predicted octanol–water partition coefficient (Wildman–Crippen LogP) is 2.85. The van der Waals surface area contributed by atoms with Gasteiger partial charge in [-0.05, 0) is 12.1 Å². The average molecular weight is 564 g/mol. The van der Waals surface area contributed by atoms with Crippen molar-refractivity contribution in [3.63, 3.8) is 0 Å². The smallest absolute Gasteiger partial charge is 0.475 e. The number of amides is 1. The molecule has 1 aliphatic heterocycles. The third kappa shape index (κ3) is 6.66. The van der Waals surface area contributed by atoms with Gasteiger partial charge in [0.05, 0.1) is 29.2 Å². The number of hydrogen-bond acceptors (Lipinski definition) is 9. The maximum absolute atomic E-state index is 13.0. The van der Waals surface area contributed by atoms with E-state index in [1.54, 1.807) is 12.3 Å². The summed E-state index contributed by atoms with van der Waals surface area (Å²) in [6.07, 6.45) is -6.74. The summed E-state index contributed by atoms with van der Waals surface area (Å²) in [5.41, 5.74) is 11.3. The maximum atomic E-state index is 13.0. The Morgan fingerprint density at radius 2 is 1.82 bits per heavy atom. The second-order valence-electron chi connectivity index (χ2n) is 8.60. The molecule has 0 spiro atoms. The van der Waals surface area contributed by atoms with E-state index in [-0.39, 0.29) is 28.5 Å². The molecule has 3 aromatic rings. The fourth-order valence-electron chi connectivity index (χ4n) is 3.83. The standard InChI is InChI=1S/C20H21F3N6O3.C2HF3O2/c1-9-7-29(8-11(24)17(9)30)13-2-3-26-6-12(13)28-19(31)15-16-14(32-18(15)25)4-10(5-27-16)20(21,22)23;3-2(4,5)1(6)7/h2-6,9,11,17,30H,7-8,24-25H2,1H3,(H,28,31);(H,6,7)/t9-,11+,17+;/m0./s1. The highest BCUT2D eigenvalue weighted by molar-refractivity contribution is 6.15. The first kappa shape index (κ1) is 29.4. The van der Waals surface area contributed by atoms with Crippen LogP contribution in [0.4, 0.5) is 43.6 Å². The first-order valence-corrected chi connectivity index (χ1v) is 11.0. The molecule has 1 saturated heterocycles. The molecule has 4 rings (SSSR count). The van der Waals surface area contributed by atoms with Crippen LogP contribution in [0.2, 0.25) is 0 Å². The van der Waals surface area contributed by atoms with Gasteiger partial charge in [-0.15, -0.1) is 0 Å². The molecule has 0 radical (unpaired) electrons. The van der Waals surface area contributed by atoms with Crippen LogP contribution in [0, 0.1) is 5.92 Å². The zero-order valence-electron chi connectivity index (χ0n) is 19.9. The topological polar surface area (TPSA) is 181 Å². The second kappa shape index (κ2) is 10.9. The number of carboxylic acid groups (broad SMARTS) is 1. The van der Waals surface area contributed by atoms with E-state index in [0.29, 0.717) is 30.7 Å². The van der Waals surface area contributed by atoms with E-state index in [9.17, 15) is 36.2 Å². The molecule has 39 heavy (non-hydrogen) atoms. The van der Waals surface area contributed by atoms with Gasteiger partial charge in [0.15, 0.2) is 5.58 Å². The highest BCUT2D eigenvalue weighted by Crippen LogP contribution is 2.35. The van der Waals surface area contributed by atoms with Gasteiger partial charge in [0.2, 0.25) is 5.88 Å². The number of pyridine rings is 2. The molecule has 1 fully saturated rings. The van der Waals surface area contributed by atoms with Crippen molar-refractivity contribution in [1.29, 1.82) is 0 Å². The van der Waals surface area contributed by atoms with Gasteiger partial charge in [0.25, 0.3) is 5.91 Å². The molecule has 0 saturated carbocycles. The Bertz CT molecular complexity index is 1350. The van der Waals surface area contributed by atoms with Crippen LogP contribution < -0.4 is 21.7 Å². The number of aliphatic carboxylic acids is 1. The lowest BCUT2D eigenvalue weighted by Crippen LogP contribution is -2.55. The van der Waals surface area contributed by atoms with E-state index in [4.69, 9.17) is 25.8 Å². The van der Waals surface area contributed by atoms with Crippen LogP contribution in [-0.2, 0) is 11.0 Å². The quantitative estimate of drug-likeness (QED) is 0.297. The fraction of sp³-hybridized carbons (Fsp3) is 0.364. The van der Waals surface area contributed by atoms with Gasteiger partial charge in [0, 0.05) is 37.4 Å². The van der Waals surface area contributed by atoms with Crippen LogP contribution in [0.3, 0.4) is 0 Å². The number of nitrogens with two attached hydrogens (primary N) is 2. The number of halogens is 6. The average Bonchev–Trinajstić information content (AvgIpc) is 3.16. The molecule has 0 aliphatic carbocycles. The summed E-state index contributed by atoms with van der Waals surface area (Å²) < 4.78 is 75.7. The Hall–Kier alpha value is -4.12. The van der Waals surface area contributed by atoms with Crippen LogP contribution in [0.15, 0.2) is 35.1 Å². The lowest BCUT2D eigenvalue weighted by molar-refractivity contribution is -0.192. The van der Waals surface area contributed by atoms with Crippen LogP contribution in [-0.4, -0.2) is 63.5 Å². The van der Waals surface area contributed by atoms with Crippen molar-refractivity contribution in [3.8, 4) is 0 Å². The van der Waals surface area contributed by atoms with Crippen molar-refractivity contribution in [2.24, 2.45) is 11.7 Å². The minimum absolute atomic E-state index is 0.0878. The largest absolute Gasteiger partial charge is 0.490 e. The van der Waals surface area contributed by atoms with Crippen molar-refractivity contribution in [3.05, 3.63) is 41.9 Å². The first-order valence-electron chi connectivity index (χ1n) is 11.0. The summed E-state index contributed by atoms with van der Waals surface area (Å²) in [4.78, 5) is 31.6. The summed E-state index contributed by atoms with van der Waals surface area (Å²) in [5, 5.41) is 19.9. The van der Waals surface area contributed by atoms with Crippen molar-refractivity contribution < 1.29 is 50.6 Å². The summed E-state index contributed by atoms with van der Waals surface area (Å²) >= 11 is 0. The lowest BCUT2D eigenvalue weighted by atomic mass is 9.92. The van der Waals surface area contributed by atoms with Gasteiger partial charge in [-0.25, -0.2) is 4.79 Å². The van der Waals surface area contributed by atoms with E-state index in [1.807, 2.05) is 11.8 Å². The number of nitrogens with one attached hydrogen (secondary N) is 1. The highest BCUT2D eigenvalue weighted by atomic mass is 19.4. The number of rotatable bonds is 3. The molecule has 0 bridgehead atoms. The predicted molar refractivity (Wildman–Crippen MR) is 125 cm³/mol. The zero-order chi connectivity index (χ0) is 29.3. The number of aliphatic hydroxyl groups is 1. The van der Waals surface area contributed by atoms with E-state index in [1.165, 1.54) is 6.20 Å². The Kier molecular flexibility index (Phi) is 8.25. The second-order valence-corrected chi connectivity index (χ2v) is 8.60. The number of anilines is 3. The Balaban J connectivity index is 0.000000532. The molecule has 4 heterocycles. The molecule has 0 unspecified atom stereocenters. The molecule has 1 amide bonds. The van der Waals surface area contributed by atoms with Crippen LogP contribution >= 0.6 is 0 Å². The molecule has 17 heteroatoms. The van der Waals surface area contributed by atoms with E-state index >= 15 is 0 Å². The fourth-order valence-corrected chi connectivity index (χ4v) is 3.83. The van der Waals surface area contributed by atoms with Crippen LogP contribution in [0.1, 0.15) is 22.8 Å². The number of alkyl halides is 6. The van der Waals surface area contributed by atoms with Gasteiger partial charge in [-0.2, -0.15) is 26.3 Å². The molecular weight excluding hydrogens is 542 g/mol. The SMILES string of the molecule is C[C@H]1CN(c2ccncc2NC(=O)c2c(N)oc3cc(C(F)(F)F)cnc23)C[C@@H](N)[C@@H]1O.O=C(O)C(F)(F)F. The Labute approximate surface area is 215 Å². The van der Waals surface area contributed by atoms with Gasteiger partial charge in [0.1, 0.15) is 11.1 Å². The zero-order valence-corrected chi connectivity index (χ0v) is 19.9. The molecule has 3 atom stereocenters. The van der Waals surface area contributed by atoms with Crippen LogP contribution in [0.25, 0.3) is 11.1 Å². The maximum Gasteiger partial charge on any atom is 0.490 e. The van der Waals surface area contributed by atoms with E-state index < -0.39 is 41.9 Å². The number of nitrogens with zero attached hydrogens (tertiary/aromatic N) is 3. The number of carbonyl (C=O) groups excluding carboxylic acids is 1. The summed E-state index contributed by atoms with van der Waals surface area (Å²) in [6, 6.07) is 1.96. The molecule has 1 aliphatic rings. The van der Waals surface area contributed by atoms with Gasteiger partial charge in [-0.1, -0.05) is 6.92 Å². The lowest BCUT2D eigenvalue weighted by Gasteiger charge is -2.40. The minimum atomic E-state index is -5.08. The number of aliphatic hydroxyl groups excluding tert-OH is 1. The summed E-state index contributed by atoms with van der Waals surface area (Å²) in [7, 11) is 0. The van der Waals surface area contributed by atoms with Crippen molar-refractivity contribution in [1.82, 2.24) is 9.97 Å². The molecule has 7 N–H and O–H groups in total. The van der Waals surface area contributed by atoms with Gasteiger partial charge in [-0.3, -0.25) is 14.8 Å². The number of piperidine rings is 1. The van der Waals surface area contributed by atoms with E-state index in [0.717, 1.165) is 6.07 Å². The number of nitrogen functional groups attached to an aromatic ring is 1. The number of fused-ring (bicyclic) bond motifs is 1. The normalized spacial score (nSPS) is 19.8. The highest BCUT2D eigenvalue weighted by Gasteiger charge is 2.38. The Morgan fingerprint density at radius 1 is 1.18 bits per heavy atom. The third-order valence-electron chi connectivity index (χ3n) is 5.70. The number of hydrogen-bond donors (Lipinski definition) is 5. The summed E-state index contributed by atoms with van der Waals surface area (Å²) in [5.74, 6) is -3.92. The number of carbonyl (C=O) groups is 2. The Morgan fingerprint density at radius 3 is 2.38 bits per heavy atom. The van der Waals surface area contributed by atoms with Gasteiger partial charge < -0.3 is 36.3 Å². The van der Waals surface area contributed by atoms with Crippen LogP contribution in [0.5, 0.6) is 0 Å². The van der Waals surface area contributed by atoms with Crippen molar-refractivity contribution in [2.75, 3.05) is 29.0 Å². The van der Waals surface area contributed by atoms with Crippen molar-refractivity contribution in [2.45, 2.75) is 31.4 Å². The number of furan rings is 1. The van der Waals surface area contributed by atoms with Crippen molar-refractivity contribution >= 4 is 40.2 Å². The van der Waals surface area contributed by atoms with Gasteiger partial charge >= 0.3 is 18.3 Å².